The van der Waals surface area contributed by atoms with Gasteiger partial charge in [0.2, 0.25) is 0 Å². The molecule has 4 N–H and O–H groups in total. The zero-order chi connectivity index (χ0) is 62.0. The van der Waals surface area contributed by atoms with E-state index < -0.39 is 23.4 Å². The molecule has 4 aromatic heterocycles. The van der Waals surface area contributed by atoms with Crippen molar-refractivity contribution in [1.29, 1.82) is 0 Å². The molecule has 10 aromatic rings. The van der Waals surface area contributed by atoms with Gasteiger partial charge in [-0.2, -0.15) is 0 Å². The van der Waals surface area contributed by atoms with Gasteiger partial charge >= 0.3 is 11.9 Å². The van der Waals surface area contributed by atoms with Crippen molar-refractivity contribution in [3.8, 4) is 11.5 Å². The molecule has 0 aliphatic carbocycles. The van der Waals surface area contributed by atoms with Gasteiger partial charge in [0, 0.05) is 114 Å². The number of carboxylic acids is 2. The van der Waals surface area contributed by atoms with Gasteiger partial charge in [-0.05, 0) is 162 Å². The van der Waals surface area contributed by atoms with Gasteiger partial charge in [-0.3, -0.25) is 18.7 Å². The summed E-state index contributed by atoms with van der Waals surface area (Å²) in [6.45, 7) is 11.1. The van der Waals surface area contributed by atoms with E-state index in [4.69, 9.17) is 19.0 Å². The number of aromatic hydroxyl groups is 2. The lowest BCUT2D eigenvalue weighted by molar-refractivity contribution is 0.0682. The number of hydrogen-bond acceptors (Lipinski definition) is 14. The molecule has 0 radical (unpaired) electrons. The third-order valence-corrected chi connectivity index (χ3v) is 18.5. The maximum atomic E-state index is 13.4. The number of piperidine rings is 2. The van der Waals surface area contributed by atoms with Crippen LogP contribution < -0.4 is 11.1 Å². The molecule has 460 valence electrons. The average molecular weight is 1210 g/mol. The molecule has 14 rings (SSSR count). The second-order valence-corrected chi connectivity index (χ2v) is 23.9. The highest BCUT2D eigenvalue weighted by Crippen LogP contribution is 2.40. The van der Waals surface area contributed by atoms with E-state index in [1.54, 1.807) is 60.7 Å². The fourth-order valence-electron chi connectivity index (χ4n) is 13.6. The van der Waals surface area contributed by atoms with Crippen molar-refractivity contribution < 1.29 is 47.8 Å². The van der Waals surface area contributed by atoms with E-state index >= 15 is 0 Å². The Morgan fingerprint density at radius 3 is 1.34 bits per heavy atom. The Morgan fingerprint density at radius 2 is 0.933 bits per heavy atom. The maximum Gasteiger partial charge on any atom is 0.339 e. The summed E-state index contributed by atoms with van der Waals surface area (Å²) in [4.78, 5) is 63.3. The van der Waals surface area contributed by atoms with Crippen molar-refractivity contribution in [2.75, 3.05) is 39.3 Å². The summed E-state index contributed by atoms with van der Waals surface area (Å²) >= 11 is 0. The van der Waals surface area contributed by atoms with Crippen molar-refractivity contribution in [2.45, 2.75) is 122 Å². The molecule has 18 nitrogen and oxygen atoms in total. The SMILES string of the molecule is Cc1nc2n(c(=O)c1CCN1CCC(c3noc4cc(F)ccc34)CC1)CCCC2.Cc1nc2n(c(=O)c1CCN1CCC(c3noc4cc(F)ccc34)CC1)CCCC2.O=C(O)c1cc2ccccc2c(Cc2c(O)c(C(=O)O)cc3ccccc23)c1O. The largest absolute Gasteiger partial charge is 0.507 e. The molecule has 20 heteroatoms. The van der Waals surface area contributed by atoms with Crippen molar-refractivity contribution in [3.05, 3.63) is 197 Å². The van der Waals surface area contributed by atoms with Crippen molar-refractivity contribution in [3.63, 3.8) is 0 Å². The molecule has 89 heavy (non-hydrogen) atoms. The Kier molecular flexibility index (Phi) is 17.5. The van der Waals surface area contributed by atoms with Crippen molar-refractivity contribution in [1.82, 2.24) is 39.2 Å². The third-order valence-electron chi connectivity index (χ3n) is 18.5. The zero-order valence-corrected chi connectivity index (χ0v) is 49.8. The molecule has 2 fully saturated rings. The number of carboxylic acid groups (broad SMARTS) is 2. The van der Waals surface area contributed by atoms with E-state index in [-0.39, 0.29) is 40.3 Å². The third kappa shape index (κ3) is 12.5. The van der Waals surface area contributed by atoms with Crippen LogP contribution in [0.2, 0.25) is 0 Å². The number of aromatic carboxylic acids is 2. The lowest BCUT2D eigenvalue weighted by Crippen LogP contribution is -2.37. The van der Waals surface area contributed by atoms with Gasteiger partial charge in [0.05, 0.1) is 11.4 Å². The summed E-state index contributed by atoms with van der Waals surface area (Å²) in [5.41, 5.74) is 6.87. The van der Waals surface area contributed by atoms with Crippen LogP contribution >= 0.6 is 0 Å². The minimum atomic E-state index is -1.28. The first-order valence-electron chi connectivity index (χ1n) is 30.7. The lowest BCUT2D eigenvalue weighted by Gasteiger charge is -2.31. The number of rotatable bonds is 12. The summed E-state index contributed by atoms with van der Waals surface area (Å²) < 4.78 is 41.2. The van der Waals surface area contributed by atoms with Crippen LogP contribution in [0.1, 0.15) is 141 Å². The van der Waals surface area contributed by atoms with Gasteiger partial charge in [0.25, 0.3) is 11.1 Å². The summed E-state index contributed by atoms with van der Waals surface area (Å²) in [6, 6.07) is 26.0. The molecule has 0 amide bonds. The molecule has 0 saturated carbocycles. The second-order valence-electron chi connectivity index (χ2n) is 23.9. The van der Waals surface area contributed by atoms with E-state index in [1.807, 2.05) is 23.0 Å². The first kappa shape index (κ1) is 60.2. The van der Waals surface area contributed by atoms with Gasteiger partial charge in [0.15, 0.2) is 11.2 Å². The molecule has 6 aromatic carbocycles. The van der Waals surface area contributed by atoms with E-state index in [0.29, 0.717) is 55.7 Å². The first-order chi connectivity index (χ1) is 43.1. The average Bonchev–Trinajstić information content (AvgIpc) is 1.89. The van der Waals surface area contributed by atoms with Crippen LogP contribution in [0.5, 0.6) is 11.5 Å². The number of likely N-dealkylation sites (tertiary alicyclic amines) is 2. The smallest absolute Gasteiger partial charge is 0.339 e. The van der Waals surface area contributed by atoms with Crippen molar-refractivity contribution in [2.24, 2.45) is 0 Å². The highest BCUT2D eigenvalue weighted by atomic mass is 19.1. The highest BCUT2D eigenvalue weighted by Gasteiger charge is 2.29. The fraction of sp³-hybridized carbons (Fsp3) is 0.362. The maximum absolute atomic E-state index is 13.4. The quantitative estimate of drug-likeness (QED) is 0.0888. The predicted molar refractivity (Wildman–Crippen MR) is 332 cm³/mol. The molecule has 0 bridgehead atoms. The Bertz CT molecular complexity index is 4180. The molecule has 8 heterocycles. The number of hydrogen-bond donors (Lipinski definition) is 4. The van der Waals surface area contributed by atoms with Crippen molar-refractivity contribution >= 4 is 55.4 Å². The van der Waals surface area contributed by atoms with Gasteiger partial charge < -0.3 is 39.3 Å². The first-order valence-corrected chi connectivity index (χ1v) is 30.7. The number of benzene rings is 6. The van der Waals surface area contributed by atoms with E-state index in [0.717, 1.165) is 186 Å². The zero-order valence-electron chi connectivity index (χ0n) is 49.8. The van der Waals surface area contributed by atoms with Crippen LogP contribution in [0.3, 0.4) is 0 Å². The second kappa shape index (κ2) is 25.9. The Balaban J connectivity index is 0.000000130. The number of halogens is 2. The summed E-state index contributed by atoms with van der Waals surface area (Å²) in [6.07, 6.45) is 11.6. The molecule has 0 atom stereocenters. The Morgan fingerprint density at radius 1 is 0.528 bits per heavy atom. The van der Waals surface area contributed by atoms with Crippen LogP contribution in [0.4, 0.5) is 8.78 Å². The van der Waals surface area contributed by atoms with Gasteiger partial charge in [0.1, 0.15) is 45.9 Å². The Hall–Kier alpha value is -9.14. The lowest BCUT2D eigenvalue weighted by atomic mass is 9.90. The standard InChI is InChI=1S/2C23H27FN4O2.C23H16O6/c2*1-15-18(23(29)28-10-3-2-4-21(28)25-15)9-13-27-11-7-16(8-12-27)22-19-6-5-17(24)14-20(19)30-26-22;24-20-16(14-7-3-1-5-12(14)9-18(20)22(26)27)11-17-15-8-4-2-6-13(15)10-19(21(17)25)23(28)29/h2*5-6,14,16H,2-4,7-13H2,1H3;1-10,24-25H,11H2,(H,26,27)(H,28,29). The monoisotopic (exact) mass is 1210 g/mol. The Labute approximate surface area is 510 Å². The number of phenols is 2. The van der Waals surface area contributed by atoms with Crippen LogP contribution in [0.15, 0.2) is 116 Å². The molecule has 0 unspecified atom stereocenters. The topological polar surface area (TPSA) is 243 Å². The molecule has 2 saturated heterocycles. The van der Waals surface area contributed by atoms with Crippen LogP contribution in [0.25, 0.3) is 43.5 Å². The summed E-state index contributed by atoms with van der Waals surface area (Å²) in [5, 5.41) is 53.1. The number of nitrogens with zero attached hydrogens (tertiary/aromatic N) is 8. The van der Waals surface area contributed by atoms with Gasteiger partial charge in [-0.15, -0.1) is 0 Å². The normalized spacial score (nSPS) is 15.8. The highest BCUT2D eigenvalue weighted by molar-refractivity contribution is 6.02. The molecule has 0 spiro atoms. The minimum absolute atomic E-state index is 0.0407. The number of carbonyl (C=O) groups is 2. The number of fused-ring (bicyclic) bond motifs is 6. The number of aryl methyl sites for hydroxylation is 4. The molecule has 4 aliphatic rings. The molecule has 4 aliphatic heterocycles. The minimum Gasteiger partial charge on any atom is -0.507 e. The fourth-order valence-corrected chi connectivity index (χ4v) is 13.6. The molecular formula is C69H70F2N8O10. The predicted octanol–water partition coefficient (Wildman–Crippen LogP) is 11.6. The summed E-state index contributed by atoms with van der Waals surface area (Å²) in [7, 11) is 0. The van der Waals surface area contributed by atoms with Gasteiger partial charge in [-0.25, -0.2) is 28.3 Å². The van der Waals surface area contributed by atoms with E-state index in [9.17, 15) is 48.4 Å². The molecular weight excluding hydrogens is 1140 g/mol. The summed E-state index contributed by atoms with van der Waals surface area (Å²) in [5.74, 6) is -1.41. The van der Waals surface area contributed by atoms with Crippen LogP contribution in [-0.4, -0.2) is 111 Å². The van der Waals surface area contributed by atoms with E-state index in [2.05, 4.69) is 20.1 Å². The van der Waals surface area contributed by atoms with Gasteiger partial charge in [-0.1, -0.05) is 58.8 Å². The van der Waals surface area contributed by atoms with Crippen LogP contribution in [-0.2, 0) is 45.2 Å². The van der Waals surface area contributed by atoms with Crippen LogP contribution in [0, 0.1) is 25.5 Å². The van der Waals surface area contributed by atoms with E-state index in [1.165, 1.54) is 36.4 Å². The number of aromatic nitrogens is 6.